The lowest BCUT2D eigenvalue weighted by atomic mass is 9.86. The predicted octanol–water partition coefficient (Wildman–Crippen LogP) is 10.2. The molecule has 0 N–H and O–H groups in total. The van der Waals surface area contributed by atoms with Gasteiger partial charge in [0.25, 0.3) is 0 Å². The molecule has 0 spiro atoms. The fourth-order valence-electron chi connectivity index (χ4n) is 5.00. The third-order valence-corrected chi connectivity index (χ3v) is 7.36. The van der Waals surface area contributed by atoms with Gasteiger partial charge in [-0.25, -0.2) is 0 Å². The Kier molecular flexibility index (Phi) is 25.5. The quantitative estimate of drug-likeness (QED) is 0.0903. The predicted molar refractivity (Wildman–Crippen MR) is 155 cm³/mol. The maximum atomic E-state index is 6.65. The summed E-state index contributed by atoms with van der Waals surface area (Å²) in [6, 6.07) is 0. The second-order valence-corrected chi connectivity index (χ2v) is 11.3. The zero-order chi connectivity index (χ0) is 25.3. The molecule has 0 heterocycles. The van der Waals surface area contributed by atoms with Crippen molar-refractivity contribution < 1.29 is 4.74 Å². The second-order valence-electron chi connectivity index (χ2n) is 11.3. The Hall–Kier alpha value is -0.340. The second kappa shape index (κ2) is 25.7. The van der Waals surface area contributed by atoms with Crippen LogP contribution in [0.25, 0.3) is 0 Å². The van der Waals surface area contributed by atoms with E-state index in [1.165, 1.54) is 129 Å². The minimum Gasteiger partial charge on any atom is -0.378 e. The highest BCUT2D eigenvalue weighted by Crippen LogP contribution is 2.27. The van der Waals surface area contributed by atoms with Crippen LogP contribution in [-0.4, -0.2) is 38.3 Å². The summed E-state index contributed by atoms with van der Waals surface area (Å²) < 4.78 is 6.65. The number of rotatable bonds is 26. The Morgan fingerprint density at radius 2 is 1.24 bits per heavy atom. The molecule has 0 aliphatic carbocycles. The highest BCUT2D eigenvalue weighted by atomic mass is 16.5. The Bertz CT molecular complexity index is 419. The van der Waals surface area contributed by atoms with Crippen LogP contribution in [0, 0.1) is 11.8 Å². The van der Waals surface area contributed by atoms with E-state index in [2.05, 4.69) is 58.8 Å². The molecule has 0 aromatic rings. The molecule has 34 heavy (non-hydrogen) atoms. The molecule has 2 nitrogen and oxygen atoms in total. The Balaban J connectivity index is 4.67. The molecule has 0 bridgehead atoms. The van der Waals surface area contributed by atoms with Crippen molar-refractivity contribution in [1.29, 1.82) is 0 Å². The molecule has 0 saturated heterocycles. The molecule has 0 aliphatic rings. The summed E-state index contributed by atoms with van der Waals surface area (Å²) in [5.41, 5.74) is 0. The van der Waals surface area contributed by atoms with Crippen LogP contribution in [0.3, 0.4) is 0 Å². The van der Waals surface area contributed by atoms with E-state index in [9.17, 15) is 0 Å². The summed E-state index contributed by atoms with van der Waals surface area (Å²) >= 11 is 0. The minimum absolute atomic E-state index is 0.474. The van der Waals surface area contributed by atoms with E-state index in [-0.39, 0.29) is 0 Å². The van der Waals surface area contributed by atoms with E-state index in [1.807, 2.05) is 0 Å². The molecule has 0 radical (unpaired) electrons. The summed E-state index contributed by atoms with van der Waals surface area (Å²) in [4.78, 5) is 2.29. The van der Waals surface area contributed by atoms with Gasteiger partial charge in [-0.05, 0) is 90.3 Å². The maximum absolute atomic E-state index is 6.65. The first-order chi connectivity index (χ1) is 16.5. The van der Waals surface area contributed by atoms with Gasteiger partial charge in [0.15, 0.2) is 0 Å². The van der Waals surface area contributed by atoms with Crippen LogP contribution in [0.1, 0.15) is 150 Å². The number of hydrogen-bond acceptors (Lipinski definition) is 2. The molecule has 0 aromatic heterocycles. The van der Waals surface area contributed by atoms with Gasteiger partial charge in [-0.3, -0.25) is 0 Å². The first-order valence-corrected chi connectivity index (χ1v) is 15.5. The minimum atomic E-state index is 0.474. The smallest absolute Gasteiger partial charge is 0.0603 e. The zero-order valence-electron chi connectivity index (χ0n) is 24.6. The molecule has 0 aliphatic heterocycles. The number of nitrogens with zero attached hydrogens (tertiary/aromatic N) is 1. The van der Waals surface area contributed by atoms with Crippen LogP contribution in [0.4, 0.5) is 0 Å². The van der Waals surface area contributed by atoms with E-state index in [1.54, 1.807) is 0 Å². The highest BCUT2D eigenvalue weighted by Gasteiger charge is 2.21. The van der Waals surface area contributed by atoms with Crippen molar-refractivity contribution in [2.24, 2.45) is 11.8 Å². The van der Waals surface area contributed by atoms with Crippen molar-refractivity contribution in [3.63, 3.8) is 0 Å². The van der Waals surface area contributed by atoms with Crippen LogP contribution in [0.2, 0.25) is 0 Å². The fraction of sp³-hybridized carbons (Fsp3) is 0.938. The Morgan fingerprint density at radius 1 is 0.618 bits per heavy atom. The summed E-state index contributed by atoms with van der Waals surface area (Å²) in [6.07, 6.45) is 30.6. The number of unbranched alkanes of at least 4 members (excludes halogenated alkanes) is 8. The van der Waals surface area contributed by atoms with Crippen molar-refractivity contribution in [1.82, 2.24) is 4.90 Å². The zero-order valence-corrected chi connectivity index (χ0v) is 24.6. The monoisotopic (exact) mass is 480 g/mol. The first-order valence-electron chi connectivity index (χ1n) is 15.5. The molecule has 0 amide bonds. The van der Waals surface area contributed by atoms with Crippen molar-refractivity contribution in [2.45, 2.75) is 156 Å². The topological polar surface area (TPSA) is 12.5 Å². The van der Waals surface area contributed by atoms with Crippen LogP contribution >= 0.6 is 0 Å². The van der Waals surface area contributed by atoms with Gasteiger partial charge in [-0.1, -0.05) is 104 Å². The maximum Gasteiger partial charge on any atom is 0.0603 e. The van der Waals surface area contributed by atoms with E-state index < -0.39 is 0 Å². The summed E-state index contributed by atoms with van der Waals surface area (Å²) in [5.74, 6) is 1.62. The number of ether oxygens (including phenoxy) is 1. The van der Waals surface area contributed by atoms with Gasteiger partial charge in [0.05, 0.1) is 6.10 Å². The van der Waals surface area contributed by atoms with Crippen LogP contribution in [-0.2, 0) is 4.74 Å². The molecular weight excluding hydrogens is 414 g/mol. The van der Waals surface area contributed by atoms with Crippen LogP contribution < -0.4 is 0 Å². The van der Waals surface area contributed by atoms with Gasteiger partial charge in [0, 0.05) is 6.61 Å². The van der Waals surface area contributed by atoms with Gasteiger partial charge >= 0.3 is 0 Å². The van der Waals surface area contributed by atoms with Crippen LogP contribution in [0.15, 0.2) is 12.2 Å². The van der Waals surface area contributed by atoms with E-state index in [0.717, 1.165) is 18.4 Å². The molecule has 0 saturated carbocycles. The lowest BCUT2D eigenvalue weighted by Crippen LogP contribution is -2.25. The number of hydrogen-bond donors (Lipinski definition) is 0. The largest absolute Gasteiger partial charge is 0.378 e. The molecule has 0 fully saturated rings. The van der Waals surface area contributed by atoms with Gasteiger partial charge in [0.1, 0.15) is 0 Å². The molecule has 0 rings (SSSR count). The number of allylic oxidation sites excluding steroid dienone is 2. The normalized spacial score (nSPS) is 14.8. The van der Waals surface area contributed by atoms with Crippen LogP contribution in [0.5, 0.6) is 0 Å². The molecule has 3 atom stereocenters. The Labute approximate surface area is 216 Å². The lowest BCUT2D eigenvalue weighted by molar-refractivity contribution is -0.00399. The summed E-state index contributed by atoms with van der Waals surface area (Å²) in [7, 11) is 4.34. The average Bonchev–Trinajstić information content (AvgIpc) is 2.81. The van der Waals surface area contributed by atoms with E-state index >= 15 is 0 Å². The van der Waals surface area contributed by atoms with Crippen molar-refractivity contribution in [2.75, 3.05) is 27.2 Å². The summed E-state index contributed by atoms with van der Waals surface area (Å²) in [6.45, 7) is 11.5. The average molecular weight is 480 g/mol. The SMILES string of the molecule is CCCCC/C=C\CCCC(CCCC)C(CCCC(C)CCCCC)OCCCCN(C)C. The van der Waals surface area contributed by atoms with Gasteiger partial charge in [-0.2, -0.15) is 0 Å². The molecule has 2 heteroatoms. The molecular formula is C32H65NO. The Morgan fingerprint density at radius 3 is 1.91 bits per heavy atom. The van der Waals surface area contributed by atoms with Crippen molar-refractivity contribution in [3.05, 3.63) is 12.2 Å². The van der Waals surface area contributed by atoms with Crippen molar-refractivity contribution >= 4 is 0 Å². The first kappa shape index (κ1) is 33.7. The molecule has 0 aromatic carbocycles. The third-order valence-electron chi connectivity index (χ3n) is 7.36. The molecule has 204 valence electrons. The van der Waals surface area contributed by atoms with Gasteiger partial charge in [-0.15, -0.1) is 0 Å². The van der Waals surface area contributed by atoms with Crippen molar-refractivity contribution in [3.8, 4) is 0 Å². The third kappa shape index (κ3) is 22.1. The lowest BCUT2D eigenvalue weighted by Gasteiger charge is -2.28. The van der Waals surface area contributed by atoms with Gasteiger partial charge < -0.3 is 9.64 Å². The summed E-state index contributed by atoms with van der Waals surface area (Å²) in [5, 5.41) is 0. The van der Waals surface area contributed by atoms with E-state index in [4.69, 9.17) is 4.74 Å². The van der Waals surface area contributed by atoms with E-state index in [0.29, 0.717) is 6.10 Å². The van der Waals surface area contributed by atoms with Gasteiger partial charge in [0.2, 0.25) is 0 Å². The fourth-order valence-corrected chi connectivity index (χ4v) is 5.00. The standard InChI is InChI=1S/C32H65NO/c1-7-10-13-14-15-16-17-19-26-31(25-12-9-3)32(34-29-21-20-28-33(5)6)27-22-24-30(4)23-18-11-8-2/h15-16,30-32H,7-14,17-29H2,1-6H3/b16-15-. The molecule has 3 unspecified atom stereocenters. The highest BCUT2D eigenvalue weighted by molar-refractivity contribution is 4.82.